The molecule has 1 aromatic carbocycles. The first-order valence-electron chi connectivity index (χ1n) is 7.21. The molecule has 1 rings (SSSR count). The molecule has 0 aliphatic carbocycles. The van der Waals surface area contributed by atoms with E-state index >= 15 is 0 Å². The molecule has 0 amide bonds. The average molecular weight is 258 g/mol. The third-order valence-corrected chi connectivity index (χ3v) is 3.38. The monoisotopic (exact) mass is 258 g/mol. The number of nitrogens with one attached hydrogen (secondary N) is 1. The second-order valence-corrected chi connectivity index (χ2v) is 5.94. The van der Waals surface area contributed by atoms with Gasteiger partial charge in [0.1, 0.15) is 0 Å². The Morgan fingerprint density at radius 2 is 2.00 bits per heavy atom. The molecule has 0 bridgehead atoms. The lowest BCUT2D eigenvalue weighted by Crippen LogP contribution is -2.19. The summed E-state index contributed by atoms with van der Waals surface area (Å²) in [6.07, 6.45) is 4.35. The lowest BCUT2D eigenvalue weighted by molar-refractivity contribution is 0.423. The summed E-state index contributed by atoms with van der Waals surface area (Å²) in [6, 6.07) is 11.0. The lowest BCUT2D eigenvalue weighted by Gasteiger charge is -2.14. The summed E-state index contributed by atoms with van der Waals surface area (Å²) in [5.74, 6) is 0. The van der Waals surface area contributed by atoms with E-state index in [0.29, 0.717) is 0 Å². The van der Waals surface area contributed by atoms with Crippen molar-refractivity contribution >= 4 is 0 Å². The maximum absolute atomic E-state index is 8.92. The highest BCUT2D eigenvalue weighted by molar-refractivity contribution is 5.22. The van der Waals surface area contributed by atoms with E-state index in [-0.39, 0.29) is 5.41 Å². The van der Waals surface area contributed by atoms with Crippen molar-refractivity contribution in [1.82, 2.24) is 5.32 Å². The number of aryl methyl sites for hydroxylation is 1. The van der Waals surface area contributed by atoms with Crippen LogP contribution in [-0.2, 0) is 6.42 Å². The Morgan fingerprint density at radius 1 is 1.21 bits per heavy atom. The van der Waals surface area contributed by atoms with E-state index in [2.05, 4.69) is 42.6 Å². The molecule has 19 heavy (non-hydrogen) atoms. The molecule has 0 heterocycles. The summed E-state index contributed by atoms with van der Waals surface area (Å²) in [7, 11) is 0. The zero-order valence-corrected chi connectivity index (χ0v) is 12.5. The summed E-state index contributed by atoms with van der Waals surface area (Å²) in [5.41, 5.74) is 2.57. The first-order valence-corrected chi connectivity index (χ1v) is 7.21. The summed E-state index contributed by atoms with van der Waals surface area (Å²) >= 11 is 0. The van der Waals surface area contributed by atoms with E-state index < -0.39 is 0 Å². The molecule has 0 saturated carbocycles. The molecule has 0 aliphatic heterocycles. The van der Waals surface area contributed by atoms with Crippen molar-refractivity contribution in [2.24, 2.45) is 5.41 Å². The molecule has 1 aromatic rings. The maximum Gasteiger partial charge on any atom is 0.0683 e. The van der Waals surface area contributed by atoms with Crippen LogP contribution in [0, 0.1) is 23.7 Å². The predicted octanol–water partition coefficient (Wildman–Crippen LogP) is 3.85. The van der Waals surface area contributed by atoms with Gasteiger partial charge in [0, 0.05) is 0 Å². The maximum atomic E-state index is 8.92. The van der Waals surface area contributed by atoms with Crippen LogP contribution in [0.25, 0.3) is 0 Å². The number of unbranched alkanes of at least 4 members (excludes halogenated alkanes) is 1. The van der Waals surface area contributed by atoms with Crippen LogP contribution in [0.5, 0.6) is 0 Å². The zero-order chi connectivity index (χ0) is 14.1. The fourth-order valence-corrected chi connectivity index (χ4v) is 2.10. The fourth-order valence-electron chi connectivity index (χ4n) is 2.10. The standard InChI is InChI=1S/C17H26N2/c1-15-7-6-8-16(13-15)9-12-19-11-5-4-10-17(2,3)14-18/h6-8,13,19H,4-5,9-12H2,1-3H3. The largest absolute Gasteiger partial charge is 0.316 e. The molecule has 0 spiro atoms. The van der Waals surface area contributed by atoms with Gasteiger partial charge in [-0.2, -0.15) is 5.26 Å². The van der Waals surface area contributed by atoms with Crippen LogP contribution in [-0.4, -0.2) is 13.1 Å². The van der Waals surface area contributed by atoms with Crippen molar-refractivity contribution in [2.45, 2.75) is 46.5 Å². The molecule has 0 atom stereocenters. The number of nitriles is 1. The van der Waals surface area contributed by atoms with Gasteiger partial charge in [-0.25, -0.2) is 0 Å². The second-order valence-electron chi connectivity index (χ2n) is 5.94. The Hall–Kier alpha value is -1.33. The van der Waals surface area contributed by atoms with E-state index in [9.17, 15) is 0 Å². The minimum Gasteiger partial charge on any atom is -0.316 e. The van der Waals surface area contributed by atoms with Crippen molar-refractivity contribution in [3.8, 4) is 6.07 Å². The Bertz CT molecular complexity index is 416. The minimum atomic E-state index is -0.165. The van der Waals surface area contributed by atoms with E-state index in [0.717, 1.165) is 38.8 Å². The molecule has 0 saturated heterocycles. The van der Waals surface area contributed by atoms with Gasteiger partial charge < -0.3 is 5.32 Å². The van der Waals surface area contributed by atoms with Gasteiger partial charge in [0.15, 0.2) is 0 Å². The van der Waals surface area contributed by atoms with E-state index in [1.54, 1.807) is 0 Å². The average Bonchev–Trinajstić information content (AvgIpc) is 2.38. The van der Waals surface area contributed by atoms with Gasteiger partial charge in [0.05, 0.1) is 11.5 Å². The lowest BCUT2D eigenvalue weighted by atomic mass is 9.89. The smallest absolute Gasteiger partial charge is 0.0683 e. The van der Waals surface area contributed by atoms with Gasteiger partial charge in [-0.3, -0.25) is 0 Å². The summed E-state index contributed by atoms with van der Waals surface area (Å²) < 4.78 is 0. The normalized spacial score (nSPS) is 11.3. The van der Waals surface area contributed by atoms with Crippen molar-refractivity contribution in [3.63, 3.8) is 0 Å². The zero-order valence-electron chi connectivity index (χ0n) is 12.5. The van der Waals surface area contributed by atoms with Gasteiger partial charge in [-0.15, -0.1) is 0 Å². The fraction of sp³-hybridized carbons (Fsp3) is 0.588. The quantitative estimate of drug-likeness (QED) is 0.719. The van der Waals surface area contributed by atoms with Gasteiger partial charge in [-0.05, 0) is 58.7 Å². The molecule has 0 radical (unpaired) electrons. The van der Waals surface area contributed by atoms with E-state index in [1.165, 1.54) is 11.1 Å². The topological polar surface area (TPSA) is 35.8 Å². The SMILES string of the molecule is Cc1cccc(CCNCCCCC(C)(C)C#N)c1. The molecular formula is C17H26N2. The molecule has 0 aromatic heterocycles. The number of hydrogen-bond donors (Lipinski definition) is 1. The van der Waals surface area contributed by atoms with Crippen LogP contribution in [0.3, 0.4) is 0 Å². The molecule has 1 N–H and O–H groups in total. The first-order chi connectivity index (χ1) is 9.03. The van der Waals surface area contributed by atoms with Crippen molar-refractivity contribution < 1.29 is 0 Å². The Kier molecular flexibility index (Phi) is 6.59. The van der Waals surface area contributed by atoms with Crippen molar-refractivity contribution in [2.75, 3.05) is 13.1 Å². The van der Waals surface area contributed by atoms with Crippen LogP contribution in [0.1, 0.15) is 44.2 Å². The van der Waals surface area contributed by atoms with Crippen LogP contribution in [0.2, 0.25) is 0 Å². The Balaban J connectivity index is 2.05. The highest BCUT2D eigenvalue weighted by Crippen LogP contribution is 2.21. The third-order valence-electron chi connectivity index (χ3n) is 3.38. The molecule has 0 fully saturated rings. The number of nitrogens with zero attached hydrogens (tertiary/aromatic N) is 1. The van der Waals surface area contributed by atoms with Gasteiger partial charge in [0.2, 0.25) is 0 Å². The second kappa shape index (κ2) is 7.96. The summed E-state index contributed by atoms with van der Waals surface area (Å²) in [4.78, 5) is 0. The minimum absolute atomic E-state index is 0.165. The summed E-state index contributed by atoms with van der Waals surface area (Å²) in [5, 5.41) is 12.4. The van der Waals surface area contributed by atoms with Crippen LogP contribution >= 0.6 is 0 Å². The van der Waals surface area contributed by atoms with Gasteiger partial charge in [0.25, 0.3) is 0 Å². The Labute approximate surface area is 117 Å². The van der Waals surface area contributed by atoms with Gasteiger partial charge in [-0.1, -0.05) is 36.2 Å². The molecule has 104 valence electrons. The molecule has 2 nitrogen and oxygen atoms in total. The Morgan fingerprint density at radius 3 is 2.68 bits per heavy atom. The van der Waals surface area contributed by atoms with E-state index in [4.69, 9.17) is 5.26 Å². The summed E-state index contributed by atoms with van der Waals surface area (Å²) in [6.45, 7) is 8.24. The van der Waals surface area contributed by atoms with Crippen molar-refractivity contribution in [3.05, 3.63) is 35.4 Å². The van der Waals surface area contributed by atoms with Crippen LogP contribution in [0.15, 0.2) is 24.3 Å². The highest BCUT2D eigenvalue weighted by atomic mass is 14.8. The third kappa shape index (κ3) is 6.98. The predicted molar refractivity (Wildman–Crippen MR) is 81.0 cm³/mol. The molecular weight excluding hydrogens is 232 g/mol. The van der Waals surface area contributed by atoms with Crippen LogP contribution < -0.4 is 5.32 Å². The molecule has 2 heteroatoms. The highest BCUT2D eigenvalue weighted by Gasteiger charge is 2.14. The van der Waals surface area contributed by atoms with Crippen molar-refractivity contribution in [1.29, 1.82) is 5.26 Å². The number of rotatable bonds is 8. The van der Waals surface area contributed by atoms with Gasteiger partial charge >= 0.3 is 0 Å². The van der Waals surface area contributed by atoms with E-state index in [1.807, 2.05) is 13.8 Å². The first kappa shape index (κ1) is 15.7. The number of benzene rings is 1. The number of hydrogen-bond acceptors (Lipinski definition) is 2. The molecule has 0 aliphatic rings. The van der Waals surface area contributed by atoms with Crippen LogP contribution in [0.4, 0.5) is 0 Å². The molecule has 0 unspecified atom stereocenters.